The monoisotopic (exact) mass is 315 g/mol. The Labute approximate surface area is 125 Å². The minimum atomic E-state index is -0.873. The molecule has 20 heavy (non-hydrogen) atoms. The van der Waals surface area contributed by atoms with E-state index in [0.29, 0.717) is 22.9 Å². The van der Waals surface area contributed by atoms with E-state index >= 15 is 0 Å². The van der Waals surface area contributed by atoms with Crippen molar-refractivity contribution in [1.29, 1.82) is 0 Å². The molecule has 0 bridgehead atoms. The number of amides is 1. The van der Waals surface area contributed by atoms with Gasteiger partial charge in [0.2, 0.25) is 0 Å². The van der Waals surface area contributed by atoms with Crippen LogP contribution >= 0.6 is 23.3 Å². The van der Waals surface area contributed by atoms with E-state index in [1.807, 2.05) is 13.8 Å². The Morgan fingerprint density at radius 2 is 2.25 bits per heavy atom. The van der Waals surface area contributed by atoms with Crippen LogP contribution in [0, 0.1) is 0 Å². The minimum Gasteiger partial charge on any atom is -0.481 e. The van der Waals surface area contributed by atoms with Gasteiger partial charge in [-0.25, -0.2) is 0 Å². The second kappa shape index (κ2) is 6.53. The van der Waals surface area contributed by atoms with Crippen LogP contribution < -0.4 is 0 Å². The standard InChI is InChI=1S/C12H17N3O3S2/c1-7(2)10-11(20-14-13-10)12(18)15-3-4-19-6-8(15)5-9(16)17/h7-8H,3-6H2,1-2H3,(H,16,17). The van der Waals surface area contributed by atoms with Gasteiger partial charge in [-0.15, -0.1) is 5.10 Å². The fourth-order valence-corrected chi connectivity index (χ4v) is 3.99. The zero-order chi connectivity index (χ0) is 14.7. The Morgan fingerprint density at radius 3 is 2.90 bits per heavy atom. The van der Waals surface area contributed by atoms with E-state index in [-0.39, 0.29) is 24.3 Å². The molecule has 0 radical (unpaired) electrons. The molecular weight excluding hydrogens is 298 g/mol. The summed E-state index contributed by atoms with van der Waals surface area (Å²) in [6.07, 6.45) is -0.0119. The molecule has 110 valence electrons. The molecule has 1 N–H and O–H groups in total. The average molecular weight is 315 g/mol. The van der Waals surface area contributed by atoms with Crippen molar-refractivity contribution >= 4 is 35.2 Å². The molecule has 2 rings (SSSR count). The molecule has 0 aliphatic carbocycles. The SMILES string of the molecule is CC(C)c1nnsc1C(=O)N1CCSCC1CC(=O)O. The molecule has 1 amide bonds. The van der Waals surface area contributed by atoms with Gasteiger partial charge in [-0.05, 0) is 17.5 Å². The van der Waals surface area contributed by atoms with Crippen LogP contribution in [0.15, 0.2) is 0 Å². The van der Waals surface area contributed by atoms with Crippen molar-refractivity contribution in [3.8, 4) is 0 Å². The number of thioether (sulfide) groups is 1. The van der Waals surface area contributed by atoms with Gasteiger partial charge in [0.25, 0.3) is 5.91 Å². The largest absolute Gasteiger partial charge is 0.481 e. The summed E-state index contributed by atoms with van der Waals surface area (Å²) in [7, 11) is 0. The average Bonchev–Trinajstić information content (AvgIpc) is 2.87. The highest BCUT2D eigenvalue weighted by molar-refractivity contribution is 7.99. The summed E-state index contributed by atoms with van der Waals surface area (Å²) < 4.78 is 3.87. The highest BCUT2D eigenvalue weighted by Gasteiger charge is 2.32. The number of carbonyl (C=O) groups excluding carboxylic acids is 1. The van der Waals surface area contributed by atoms with E-state index in [1.54, 1.807) is 16.7 Å². The smallest absolute Gasteiger partial charge is 0.305 e. The molecule has 8 heteroatoms. The van der Waals surface area contributed by atoms with E-state index in [2.05, 4.69) is 9.59 Å². The number of carboxylic acids is 1. The predicted octanol–water partition coefficient (Wildman–Crippen LogP) is 1.69. The zero-order valence-corrected chi connectivity index (χ0v) is 13.0. The summed E-state index contributed by atoms with van der Waals surface area (Å²) in [6, 6.07) is -0.249. The topological polar surface area (TPSA) is 83.4 Å². The molecule has 1 fully saturated rings. The first-order chi connectivity index (χ1) is 9.50. The molecule has 0 spiro atoms. The first kappa shape index (κ1) is 15.2. The number of aromatic nitrogens is 2. The Morgan fingerprint density at radius 1 is 1.50 bits per heavy atom. The Bertz CT molecular complexity index is 504. The van der Waals surface area contributed by atoms with Crippen molar-refractivity contribution in [2.75, 3.05) is 18.1 Å². The van der Waals surface area contributed by atoms with Gasteiger partial charge in [0.05, 0.1) is 18.2 Å². The quantitative estimate of drug-likeness (QED) is 0.910. The molecule has 2 heterocycles. The number of hydrogen-bond acceptors (Lipinski definition) is 6. The van der Waals surface area contributed by atoms with Crippen LogP contribution in [0.2, 0.25) is 0 Å². The van der Waals surface area contributed by atoms with E-state index in [0.717, 1.165) is 17.3 Å². The van der Waals surface area contributed by atoms with Crippen molar-refractivity contribution in [3.05, 3.63) is 10.6 Å². The molecule has 1 aliphatic heterocycles. The van der Waals surface area contributed by atoms with Crippen LogP contribution in [0.3, 0.4) is 0 Å². The lowest BCUT2D eigenvalue weighted by Crippen LogP contribution is -2.47. The lowest BCUT2D eigenvalue weighted by atomic mass is 10.1. The second-order valence-electron chi connectivity index (χ2n) is 4.97. The number of carbonyl (C=O) groups is 2. The third-order valence-corrected chi connectivity index (χ3v) is 4.97. The maximum Gasteiger partial charge on any atom is 0.305 e. The maximum atomic E-state index is 12.6. The number of nitrogens with zero attached hydrogens (tertiary/aromatic N) is 3. The number of hydrogen-bond donors (Lipinski definition) is 1. The molecule has 1 aromatic rings. The summed E-state index contributed by atoms with van der Waals surface area (Å²) >= 11 is 2.78. The minimum absolute atomic E-state index is 0.0119. The van der Waals surface area contributed by atoms with Crippen LogP contribution in [0.1, 0.15) is 41.6 Å². The third kappa shape index (κ3) is 3.29. The van der Waals surface area contributed by atoms with Crippen molar-refractivity contribution in [2.24, 2.45) is 0 Å². The molecule has 1 aromatic heterocycles. The van der Waals surface area contributed by atoms with Crippen LogP contribution in [-0.2, 0) is 4.79 Å². The van der Waals surface area contributed by atoms with Gasteiger partial charge in [0.15, 0.2) is 0 Å². The first-order valence-electron chi connectivity index (χ1n) is 6.43. The summed E-state index contributed by atoms with van der Waals surface area (Å²) in [4.78, 5) is 25.8. The van der Waals surface area contributed by atoms with Crippen LogP contribution in [0.5, 0.6) is 0 Å². The normalized spacial score (nSPS) is 19.4. The first-order valence-corrected chi connectivity index (χ1v) is 8.36. The van der Waals surface area contributed by atoms with Gasteiger partial charge < -0.3 is 10.0 Å². The van der Waals surface area contributed by atoms with Gasteiger partial charge in [-0.1, -0.05) is 18.3 Å². The van der Waals surface area contributed by atoms with Gasteiger partial charge in [-0.2, -0.15) is 11.8 Å². The predicted molar refractivity (Wildman–Crippen MR) is 78.4 cm³/mol. The summed E-state index contributed by atoms with van der Waals surface area (Å²) in [6.45, 7) is 4.51. The summed E-state index contributed by atoms with van der Waals surface area (Å²) in [5, 5.41) is 13.0. The highest BCUT2D eigenvalue weighted by Crippen LogP contribution is 2.26. The zero-order valence-electron chi connectivity index (χ0n) is 11.4. The van der Waals surface area contributed by atoms with Gasteiger partial charge in [-0.3, -0.25) is 9.59 Å². The molecule has 1 aliphatic rings. The van der Waals surface area contributed by atoms with Crippen molar-refractivity contribution < 1.29 is 14.7 Å². The Balaban J connectivity index is 2.21. The Hall–Kier alpha value is -1.15. The van der Waals surface area contributed by atoms with E-state index < -0.39 is 5.97 Å². The Kier molecular flexibility index (Phi) is 4.98. The molecule has 1 atom stereocenters. The fourth-order valence-electron chi connectivity index (χ4n) is 2.15. The number of carboxylic acid groups (broad SMARTS) is 1. The maximum absolute atomic E-state index is 12.6. The third-order valence-electron chi connectivity index (χ3n) is 3.15. The van der Waals surface area contributed by atoms with E-state index in [1.165, 1.54) is 0 Å². The molecular formula is C12H17N3O3S2. The molecule has 0 aromatic carbocycles. The highest BCUT2D eigenvalue weighted by atomic mass is 32.2. The van der Waals surface area contributed by atoms with Crippen molar-refractivity contribution in [1.82, 2.24) is 14.5 Å². The van der Waals surface area contributed by atoms with E-state index in [9.17, 15) is 9.59 Å². The van der Waals surface area contributed by atoms with E-state index in [4.69, 9.17) is 5.11 Å². The lowest BCUT2D eigenvalue weighted by molar-refractivity contribution is -0.138. The van der Waals surface area contributed by atoms with Gasteiger partial charge in [0.1, 0.15) is 4.88 Å². The molecule has 6 nitrogen and oxygen atoms in total. The molecule has 1 unspecified atom stereocenters. The van der Waals surface area contributed by atoms with Crippen molar-refractivity contribution in [3.63, 3.8) is 0 Å². The van der Waals surface area contributed by atoms with Crippen LogP contribution in [0.25, 0.3) is 0 Å². The molecule has 0 saturated carbocycles. The van der Waals surface area contributed by atoms with Crippen LogP contribution in [0.4, 0.5) is 0 Å². The fraction of sp³-hybridized carbons (Fsp3) is 0.667. The summed E-state index contributed by atoms with van der Waals surface area (Å²) in [5.74, 6) is 0.633. The van der Waals surface area contributed by atoms with Gasteiger partial charge in [0, 0.05) is 18.1 Å². The van der Waals surface area contributed by atoms with Crippen LogP contribution in [-0.4, -0.2) is 55.6 Å². The van der Waals surface area contributed by atoms with Crippen molar-refractivity contribution in [2.45, 2.75) is 32.2 Å². The number of rotatable bonds is 4. The van der Waals surface area contributed by atoms with Gasteiger partial charge >= 0.3 is 5.97 Å². The number of aliphatic carboxylic acids is 1. The summed E-state index contributed by atoms with van der Waals surface area (Å²) in [5.41, 5.74) is 0.701. The lowest BCUT2D eigenvalue weighted by Gasteiger charge is -2.34. The molecule has 1 saturated heterocycles. The second-order valence-corrected chi connectivity index (χ2v) is 6.87.